The van der Waals surface area contributed by atoms with Gasteiger partial charge in [0.2, 0.25) is 0 Å². The van der Waals surface area contributed by atoms with Crippen LogP contribution in [0, 0.1) is 20.8 Å². The number of hydrogen-bond acceptors (Lipinski definition) is 6. The number of aryl methyl sites for hydroxylation is 3. The molecule has 0 aliphatic carbocycles. The lowest BCUT2D eigenvalue weighted by atomic mass is 10.3. The lowest BCUT2D eigenvalue weighted by Gasteiger charge is -2.21. The van der Waals surface area contributed by atoms with E-state index in [4.69, 9.17) is 0 Å². The molecule has 1 aliphatic heterocycles. The monoisotopic (exact) mass is 350 g/mol. The summed E-state index contributed by atoms with van der Waals surface area (Å²) in [5.74, 6) is 0.138. The van der Waals surface area contributed by atoms with Gasteiger partial charge in [-0.2, -0.15) is 0 Å². The van der Waals surface area contributed by atoms with Gasteiger partial charge in [0.15, 0.2) is 0 Å². The predicted molar refractivity (Wildman–Crippen MR) is 94.2 cm³/mol. The van der Waals surface area contributed by atoms with Gasteiger partial charge in [-0.15, -0.1) is 22.7 Å². The molecular formula is C16H22N4OS2. The molecule has 3 rings (SSSR count). The van der Waals surface area contributed by atoms with Crippen LogP contribution >= 0.6 is 22.7 Å². The molecule has 1 fully saturated rings. The third kappa shape index (κ3) is 3.97. The van der Waals surface area contributed by atoms with Crippen molar-refractivity contribution in [3.8, 4) is 0 Å². The highest BCUT2D eigenvalue weighted by atomic mass is 32.1. The number of hydrogen-bond donors (Lipinski definition) is 0. The van der Waals surface area contributed by atoms with Gasteiger partial charge in [0.25, 0.3) is 5.91 Å². The third-order valence-corrected chi connectivity index (χ3v) is 5.91. The maximum atomic E-state index is 12.7. The van der Waals surface area contributed by atoms with Crippen LogP contribution in [0.3, 0.4) is 0 Å². The predicted octanol–water partition coefficient (Wildman–Crippen LogP) is 2.87. The van der Waals surface area contributed by atoms with Crippen molar-refractivity contribution >= 4 is 28.6 Å². The second-order valence-corrected chi connectivity index (χ2v) is 8.19. The van der Waals surface area contributed by atoms with Crippen LogP contribution in [0.4, 0.5) is 0 Å². The van der Waals surface area contributed by atoms with Crippen molar-refractivity contribution < 1.29 is 4.79 Å². The molecule has 3 heterocycles. The summed E-state index contributed by atoms with van der Waals surface area (Å²) >= 11 is 3.20. The van der Waals surface area contributed by atoms with Gasteiger partial charge in [0, 0.05) is 38.1 Å². The number of carbonyl (C=O) groups is 1. The largest absolute Gasteiger partial charge is 0.337 e. The standard InChI is InChI=1S/C16H22N4OS2/c1-11-15(23-13(3)17-11)16(21)20-6-4-5-19(7-8-20)9-14-10-22-12(2)18-14/h10H,4-9H2,1-3H3. The normalized spacial score (nSPS) is 16.6. The van der Waals surface area contributed by atoms with E-state index < -0.39 is 0 Å². The first-order valence-corrected chi connectivity index (χ1v) is 9.59. The van der Waals surface area contributed by atoms with Crippen LogP contribution in [0.5, 0.6) is 0 Å². The van der Waals surface area contributed by atoms with Crippen LogP contribution in [0.25, 0.3) is 0 Å². The summed E-state index contributed by atoms with van der Waals surface area (Å²) in [5, 5.41) is 4.20. The minimum atomic E-state index is 0.138. The van der Waals surface area contributed by atoms with E-state index in [9.17, 15) is 4.79 Å². The zero-order valence-electron chi connectivity index (χ0n) is 13.8. The lowest BCUT2D eigenvalue weighted by Crippen LogP contribution is -2.35. The van der Waals surface area contributed by atoms with Crippen molar-refractivity contribution in [2.24, 2.45) is 0 Å². The summed E-state index contributed by atoms with van der Waals surface area (Å²) in [5.41, 5.74) is 2.00. The molecule has 0 bridgehead atoms. The Bertz CT molecular complexity index is 694. The maximum Gasteiger partial charge on any atom is 0.265 e. The fourth-order valence-electron chi connectivity index (χ4n) is 2.92. The Kier molecular flexibility index (Phi) is 5.08. The van der Waals surface area contributed by atoms with Gasteiger partial charge < -0.3 is 4.90 Å². The van der Waals surface area contributed by atoms with Crippen molar-refractivity contribution in [2.45, 2.75) is 33.7 Å². The fourth-order valence-corrected chi connectivity index (χ4v) is 4.41. The highest BCUT2D eigenvalue weighted by Crippen LogP contribution is 2.20. The number of rotatable bonds is 3. The average Bonchev–Trinajstić information content (AvgIpc) is 2.96. The molecule has 1 amide bonds. The van der Waals surface area contributed by atoms with Crippen LogP contribution in [0.2, 0.25) is 0 Å². The van der Waals surface area contributed by atoms with Crippen molar-refractivity contribution in [1.82, 2.24) is 19.8 Å². The Balaban J connectivity index is 1.62. The van der Waals surface area contributed by atoms with Crippen molar-refractivity contribution in [3.05, 3.63) is 31.7 Å². The molecule has 0 unspecified atom stereocenters. The molecule has 23 heavy (non-hydrogen) atoms. The van der Waals surface area contributed by atoms with Gasteiger partial charge >= 0.3 is 0 Å². The summed E-state index contributed by atoms with van der Waals surface area (Å²) in [6.07, 6.45) is 1.01. The van der Waals surface area contributed by atoms with E-state index >= 15 is 0 Å². The van der Waals surface area contributed by atoms with Gasteiger partial charge in [-0.05, 0) is 27.2 Å². The first kappa shape index (κ1) is 16.5. The molecule has 0 saturated carbocycles. The van der Waals surface area contributed by atoms with Crippen LogP contribution in [0.1, 0.15) is 37.5 Å². The van der Waals surface area contributed by atoms with Gasteiger partial charge in [-0.25, -0.2) is 9.97 Å². The molecule has 2 aromatic heterocycles. The number of amides is 1. The van der Waals surface area contributed by atoms with Crippen molar-refractivity contribution in [1.29, 1.82) is 0 Å². The molecule has 0 N–H and O–H groups in total. The van der Waals surface area contributed by atoms with Gasteiger partial charge in [-0.1, -0.05) is 0 Å². The van der Waals surface area contributed by atoms with E-state index in [2.05, 4.69) is 20.2 Å². The van der Waals surface area contributed by atoms with Crippen LogP contribution in [-0.4, -0.2) is 51.9 Å². The third-order valence-electron chi connectivity index (χ3n) is 4.03. The molecule has 0 atom stereocenters. The number of carbonyl (C=O) groups excluding carboxylic acids is 1. The summed E-state index contributed by atoms with van der Waals surface area (Å²) in [6, 6.07) is 0. The van der Waals surface area contributed by atoms with Crippen molar-refractivity contribution in [2.75, 3.05) is 26.2 Å². The lowest BCUT2D eigenvalue weighted by molar-refractivity contribution is 0.0765. The Morgan fingerprint density at radius 3 is 2.61 bits per heavy atom. The molecule has 1 aliphatic rings. The van der Waals surface area contributed by atoms with E-state index in [1.54, 1.807) is 11.3 Å². The van der Waals surface area contributed by atoms with Crippen LogP contribution < -0.4 is 0 Å². The average molecular weight is 351 g/mol. The minimum absolute atomic E-state index is 0.138. The first-order valence-electron chi connectivity index (χ1n) is 7.89. The van der Waals surface area contributed by atoms with Crippen molar-refractivity contribution in [3.63, 3.8) is 0 Å². The zero-order valence-corrected chi connectivity index (χ0v) is 15.5. The number of nitrogens with zero attached hydrogens (tertiary/aromatic N) is 4. The van der Waals surface area contributed by atoms with E-state index in [0.717, 1.165) is 65.4 Å². The summed E-state index contributed by atoms with van der Waals surface area (Å²) in [4.78, 5) is 26.8. The Morgan fingerprint density at radius 1 is 1.13 bits per heavy atom. The Labute approximate surface area is 145 Å². The Morgan fingerprint density at radius 2 is 1.96 bits per heavy atom. The zero-order chi connectivity index (χ0) is 16.4. The van der Waals surface area contributed by atoms with Gasteiger partial charge in [-0.3, -0.25) is 9.69 Å². The molecule has 5 nitrogen and oxygen atoms in total. The molecule has 0 aromatic carbocycles. The van der Waals surface area contributed by atoms with E-state index in [-0.39, 0.29) is 5.91 Å². The Hall–Kier alpha value is -1.31. The highest BCUT2D eigenvalue weighted by Gasteiger charge is 2.23. The number of thiazole rings is 2. The molecule has 2 aromatic rings. The number of aromatic nitrogens is 2. The van der Waals surface area contributed by atoms with E-state index in [1.807, 2.05) is 25.7 Å². The second-order valence-electron chi connectivity index (χ2n) is 5.93. The van der Waals surface area contributed by atoms with E-state index in [1.165, 1.54) is 11.3 Å². The maximum absolute atomic E-state index is 12.7. The fraction of sp³-hybridized carbons (Fsp3) is 0.562. The van der Waals surface area contributed by atoms with Gasteiger partial charge in [0.1, 0.15) is 4.88 Å². The summed E-state index contributed by atoms with van der Waals surface area (Å²) in [7, 11) is 0. The highest BCUT2D eigenvalue weighted by molar-refractivity contribution is 7.13. The SMILES string of the molecule is Cc1nc(CN2CCCN(C(=O)c3sc(C)nc3C)CC2)cs1. The summed E-state index contributed by atoms with van der Waals surface area (Å²) in [6.45, 7) is 10.3. The topological polar surface area (TPSA) is 49.3 Å². The smallest absolute Gasteiger partial charge is 0.265 e. The molecule has 0 radical (unpaired) electrons. The van der Waals surface area contributed by atoms with Crippen LogP contribution in [-0.2, 0) is 6.54 Å². The first-order chi connectivity index (χ1) is 11.0. The molecule has 1 saturated heterocycles. The molecule has 7 heteroatoms. The van der Waals surface area contributed by atoms with Gasteiger partial charge in [0.05, 0.1) is 21.4 Å². The molecule has 0 spiro atoms. The summed E-state index contributed by atoms with van der Waals surface area (Å²) < 4.78 is 0. The van der Waals surface area contributed by atoms with Crippen LogP contribution in [0.15, 0.2) is 5.38 Å². The quantitative estimate of drug-likeness (QED) is 0.854. The molecule has 124 valence electrons. The van der Waals surface area contributed by atoms with E-state index in [0.29, 0.717) is 0 Å². The molecular weight excluding hydrogens is 328 g/mol. The second kappa shape index (κ2) is 7.07. The minimum Gasteiger partial charge on any atom is -0.337 e.